The van der Waals surface area contributed by atoms with E-state index >= 15 is 0 Å². The number of amides is 1. The van der Waals surface area contributed by atoms with E-state index in [1.807, 2.05) is 38.1 Å². The molecule has 0 aliphatic rings. The van der Waals surface area contributed by atoms with E-state index in [0.717, 1.165) is 11.3 Å². The Balaban J connectivity index is 2.73. The largest absolute Gasteiger partial charge is 0.399 e. The van der Waals surface area contributed by atoms with Crippen LogP contribution in [0.2, 0.25) is 0 Å². The average Bonchev–Trinajstić information content (AvgIpc) is 2.39. The first-order valence-electron chi connectivity index (χ1n) is 6.08. The Labute approximate surface area is 109 Å². The summed E-state index contributed by atoms with van der Waals surface area (Å²) in [6.45, 7) is 4.31. The molecular weight excluding hydrogens is 228 g/mol. The number of anilines is 1. The molecule has 0 saturated heterocycles. The Bertz CT molecular complexity index is 397. The van der Waals surface area contributed by atoms with Gasteiger partial charge in [-0.3, -0.25) is 4.79 Å². The number of hydrogen-bond acceptors (Lipinski definition) is 3. The summed E-state index contributed by atoms with van der Waals surface area (Å²) in [5, 5.41) is 0. The third-order valence-electron chi connectivity index (χ3n) is 3.32. The van der Waals surface area contributed by atoms with Crippen LogP contribution in [0.25, 0.3) is 0 Å². The van der Waals surface area contributed by atoms with Gasteiger partial charge in [-0.15, -0.1) is 0 Å². The Hall–Kier alpha value is -1.55. The highest BCUT2D eigenvalue weighted by molar-refractivity contribution is 5.84. The molecule has 0 aliphatic carbocycles. The number of benzene rings is 1. The number of ether oxygens (including phenoxy) is 1. The van der Waals surface area contributed by atoms with Gasteiger partial charge in [0.1, 0.15) is 5.60 Å². The molecule has 1 atom stereocenters. The van der Waals surface area contributed by atoms with E-state index in [-0.39, 0.29) is 5.91 Å². The monoisotopic (exact) mass is 250 g/mol. The second kappa shape index (κ2) is 5.87. The van der Waals surface area contributed by atoms with Crippen molar-refractivity contribution >= 4 is 11.6 Å². The fraction of sp³-hybridized carbons (Fsp3) is 0.500. The Kier molecular flexibility index (Phi) is 4.73. The quantitative estimate of drug-likeness (QED) is 0.814. The van der Waals surface area contributed by atoms with Crippen molar-refractivity contribution in [3.8, 4) is 0 Å². The number of nitrogen functional groups attached to an aromatic ring is 1. The molecule has 0 aromatic heterocycles. The predicted molar refractivity (Wildman–Crippen MR) is 73.0 cm³/mol. The van der Waals surface area contributed by atoms with Gasteiger partial charge in [0.05, 0.1) is 0 Å². The highest BCUT2D eigenvalue weighted by Crippen LogP contribution is 2.18. The number of carbonyl (C=O) groups excluding carboxylic acids is 1. The summed E-state index contributed by atoms with van der Waals surface area (Å²) in [7, 11) is 3.35. The standard InChI is InChI=1S/C14H22N2O2/c1-5-14(2,18-4)13(17)16(3)10-11-6-8-12(15)9-7-11/h6-9H,5,10,15H2,1-4H3. The van der Waals surface area contributed by atoms with Crippen molar-refractivity contribution in [3.05, 3.63) is 29.8 Å². The Morgan fingerprint density at radius 3 is 2.39 bits per heavy atom. The topological polar surface area (TPSA) is 55.6 Å². The number of rotatable bonds is 5. The van der Waals surface area contributed by atoms with Gasteiger partial charge in [-0.25, -0.2) is 0 Å². The molecule has 0 bridgehead atoms. The second-order valence-electron chi connectivity index (χ2n) is 4.69. The summed E-state index contributed by atoms with van der Waals surface area (Å²) in [6, 6.07) is 7.52. The van der Waals surface area contributed by atoms with E-state index < -0.39 is 5.60 Å². The van der Waals surface area contributed by atoms with Gasteiger partial charge in [0.25, 0.3) is 5.91 Å². The number of carbonyl (C=O) groups is 1. The van der Waals surface area contributed by atoms with Crippen molar-refractivity contribution in [1.29, 1.82) is 0 Å². The van der Waals surface area contributed by atoms with E-state index in [4.69, 9.17) is 10.5 Å². The molecule has 0 fully saturated rings. The van der Waals surface area contributed by atoms with Crippen LogP contribution in [0.4, 0.5) is 5.69 Å². The van der Waals surface area contributed by atoms with Crippen LogP contribution in [0.1, 0.15) is 25.8 Å². The van der Waals surface area contributed by atoms with Crippen molar-refractivity contribution in [3.63, 3.8) is 0 Å². The first-order valence-corrected chi connectivity index (χ1v) is 6.08. The van der Waals surface area contributed by atoms with Crippen LogP contribution in [0.5, 0.6) is 0 Å². The van der Waals surface area contributed by atoms with Gasteiger partial charge in [-0.05, 0) is 31.0 Å². The van der Waals surface area contributed by atoms with Gasteiger partial charge in [0.15, 0.2) is 0 Å². The van der Waals surface area contributed by atoms with Crippen molar-refractivity contribution in [1.82, 2.24) is 4.90 Å². The van der Waals surface area contributed by atoms with Crippen LogP contribution >= 0.6 is 0 Å². The minimum Gasteiger partial charge on any atom is -0.399 e. The third-order valence-corrected chi connectivity index (χ3v) is 3.32. The van der Waals surface area contributed by atoms with Gasteiger partial charge < -0.3 is 15.4 Å². The summed E-state index contributed by atoms with van der Waals surface area (Å²) < 4.78 is 5.32. The number of nitrogens with zero attached hydrogens (tertiary/aromatic N) is 1. The molecule has 1 aromatic carbocycles. The van der Waals surface area contributed by atoms with Crippen molar-refractivity contribution in [2.45, 2.75) is 32.4 Å². The molecule has 4 nitrogen and oxygen atoms in total. The van der Waals surface area contributed by atoms with E-state index in [9.17, 15) is 4.79 Å². The van der Waals surface area contributed by atoms with Gasteiger partial charge in [-0.2, -0.15) is 0 Å². The molecule has 4 heteroatoms. The fourth-order valence-electron chi connectivity index (χ4n) is 1.76. The Morgan fingerprint density at radius 1 is 1.39 bits per heavy atom. The van der Waals surface area contributed by atoms with E-state index in [1.165, 1.54) is 0 Å². The summed E-state index contributed by atoms with van der Waals surface area (Å²) >= 11 is 0. The molecule has 1 aromatic rings. The summed E-state index contributed by atoms with van der Waals surface area (Å²) in [4.78, 5) is 14.0. The van der Waals surface area contributed by atoms with Crippen LogP contribution in [0.15, 0.2) is 24.3 Å². The van der Waals surface area contributed by atoms with Crippen molar-refractivity contribution < 1.29 is 9.53 Å². The third kappa shape index (κ3) is 3.23. The molecule has 0 spiro atoms. The van der Waals surface area contributed by atoms with Gasteiger partial charge in [0, 0.05) is 26.4 Å². The van der Waals surface area contributed by atoms with Crippen LogP contribution in [0, 0.1) is 0 Å². The second-order valence-corrected chi connectivity index (χ2v) is 4.69. The molecule has 1 amide bonds. The molecule has 2 N–H and O–H groups in total. The molecule has 0 aliphatic heterocycles. The molecule has 1 unspecified atom stereocenters. The number of hydrogen-bond donors (Lipinski definition) is 1. The lowest BCUT2D eigenvalue weighted by Gasteiger charge is -2.30. The maximum Gasteiger partial charge on any atom is 0.254 e. The number of nitrogens with two attached hydrogens (primary N) is 1. The fourth-order valence-corrected chi connectivity index (χ4v) is 1.76. The Morgan fingerprint density at radius 2 is 1.94 bits per heavy atom. The van der Waals surface area contributed by atoms with Gasteiger partial charge in [0.2, 0.25) is 0 Å². The van der Waals surface area contributed by atoms with Crippen molar-refractivity contribution in [2.24, 2.45) is 0 Å². The SMILES string of the molecule is CCC(C)(OC)C(=O)N(C)Cc1ccc(N)cc1. The first kappa shape index (κ1) is 14.5. The van der Waals surface area contributed by atoms with E-state index in [2.05, 4.69) is 0 Å². The van der Waals surface area contributed by atoms with Gasteiger partial charge in [-0.1, -0.05) is 19.1 Å². The van der Waals surface area contributed by atoms with Crippen LogP contribution < -0.4 is 5.73 Å². The maximum atomic E-state index is 12.3. The zero-order valence-electron chi connectivity index (χ0n) is 11.6. The van der Waals surface area contributed by atoms with Gasteiger partial charge >= 0.3 is 0 Å². The highest BCUT2D eigenvalue weighted by atomic mass is 16.5. The minimum atomic E-state index is -0.747. The first-order chi connectivity index (χ1) is 8.42. The van der Waals surface area contributed by atoms with Crippen LogP contribution in [-0.2, 0) is 16.1 Å². The predicted octanol–water partition coefficient (Wildman–Crippen LogP) is 2.04. The zero-order valence-corrected chi connectivity index (χ0v) is 11.6. The molecule has 100 valence electrons. The lowest BCUT2D eigenvalue weighted by Crippen LogP contribution is -2.46. The number of likely N-dealkylation sites (N-methyl/N-ethyl adjacent to an activating group) is 1. The maximum absolute atomic E-state index is 12.3. The summed E-state index contributed by atoms with van der Waals surface area (Å²) in [6.07, 6.45) is 0.647. The lowest BCUT2D eigenvalue weighted by molar-refractivity contribution is -0.152. The number of methoxy groups -OCH3 is 1. The summed E-state index contributed by atoms with van der Waals surface area (Å²) in [5.41, 5.74) is 6.66. The average molecular weight is 250 g/mol. The molecule has 1 rings (SSSR count). The van der Waals surface area contributed by atoms with Crippen LogP contribution in [-0.4, -0.2) is 30.6 Å². The van der Waals surface area contributed by atoms with Crippen molar-refractivity contribution in [2.75, 3.05) is 19.9 Å². The smallest absolute Gasteiger partial charge is 0.254 e. The molecule has 0 saturated carbocycles. The summed E-state index contributed by atoms with van der Waals surface area (Å²) in [5.74, 6) is -0.00988. The van der Waals surface area contributed by atoms with Crippen LogP contribution in [0.3, 0.4) is 0 Å². The van der Waals surface area contributed by atoms with E-state index in [1.54, 1.807) is 19.1 Å². The zero-order chi connectivity index (χ0) is 13.8. The molecule has 18 heavy (non-hydrogen) atoms. The normalized spacial score (nSPS) is 14.0. The molecular formula is C14H22N2O2. The highest BCUT2D eigenvalue weighted by Gasteiger charge is 2.33. The lowest BCUT2D eigenvalue weighted by atomic mass is 10.0. The molecule has 0 heterocycles. The minimum absolute atomic E-state index is 0.00988. The molecule has 0 radical (unpaired) electrons. The van der Waals surface area contributed by atoms with E-state index in [0.29, 0.717) is 13.0 Å².